The molecule has 222 valence electrons. The van der Waals surface area contributed by atoms with Crippen LogP contribution < -0.4 is 4.72 Å². The fourth-order valence-electron chi connectivity index (χ4n) is 4.72. The summed E-state index contributed by atoms with van der Waals surface area (Å²) in [5, 5.41) is 4.32. The van der Waals surface area contributed by atoms with Crippen LogP contribution in [0.4, 0.5) is 13.6 Å². The molecule has 2 saturated heterocycles. The number of imide groups is 1. The van der Waals surface area contributed by atoms with Crippen molar-refractivity contribution in [3.63, 3.8) is 0 Å². The molecule has 0 saturated carbocycles. The van der Waals surface area contributed by atoms with Crippen molar-refractivity contribution in [1.82, 2.24) is 23.7 Å². The lowest BCUT2D eigenvalue weighted by Gasteiger charge is -2.17. The standard InChI is InChI=1S/C26H23Cl2F2N5O5S2/c1-26(29,30)19-12-17(27)6-5-16(19)13-35-20-7-4-15(10-18(20)23(28)31-35)11-21-24(37)34(25(38)41-21)14-22(36)32-42(39,40)33-8-2-3-9-33/h4-7,10-12H,2-3,8-9,13-14H2,1H3,(H,32,36)/b21-11-. The summed E-state index contributed by atoms with van der Waals surface area (Å²) in [5.41, 5.74) is 1.11. The molecular weight excluding hydrogens is 635 g/mol. The van der Waals surface area contributed by atoms with Gasteiger partial charge in [-0.2, -0.15) is 17.8 Å². The largest absolute Gasteiger partial charge is 0.303 e. The molecule has 16 heteroatoms. The predicted molar refractivity (Wildman–Crippen MR) is 155 cm³/mol. The Morgan fingerprint density at radius 3 is 2.55 bits per heavy atom. The van der Waals surface area contributed by atoms with Gasteiger partial charge in [-0.1, -0.05) is 35.3 Å². The summed E-state index contributed by atoms with van der Waals surface area (Å²) in [4.78, 5) is 38.5. The predicted octanol–water partition coefficient (Wildman–Crippen LogP) is 5.00. The van der Waals surface area contributed by atoms with Crippen molar-refractivity contribution in [2.45, 2.75) is 32.2 Å². The number of aromatic nitrogens is 2. The highest BCUT2D eigenvalue weighted by atomic mass is 35.5. The van der Waals surface area contributed by atoms with Crippen LogP contribution in [0.15, 0.2) is 41.3 Å². The van der Waals surface area contributed by atoms with Gasteiger partial charge in [0.2, 0.25) is 0 Å². The van der Waals surface area contributed by atoms with Crippen LogP contribution in [-0.4, -0.2) is 64.1 Å². The Labute approximate surface area is 253 Å². The van der Waals surface area contributed by atoms with Crippen LogP contribution in [-0.2, 0) is 32.3 Å². The summed E-state index contributed by atoms with van der Waals surface area (Å²) in [6.45, 7) is 0.602. The van der Waals surface area contributed by atoms with Crippen LogP contribution in [0.1, 0.15) is 36.5 Å². The molecule has 0 aliphatic carbocycles. The fourth-order valence-corrected chi connectivity index (χ4v) is 7.20. The molecule has 2 fully saturated rings. The van der Waals surface area contributed by atoms with E-state index in [1.54, 1.807) is 18.2 Å². The molecule has 0 unspecified atom stereocenters. The summed E-state index contributed by atoms with van der Waals surface area (Å²) < 4.78 is 57.6. The number of rotatable bonds is 8. The number of carbonyl (C=O) groups excluding carboxylic acids is 3. The zero-order valence-electron chi connectivity index (χ0n) is 21.9. The molecule has 3 heterocycles. The van der Waals surface area contributed by atoms with Gasteiger partial charge in [0, 0.05) is 36.0 Å². The number of alkyl halides is 2. The van der Waals surface area contributed by atoms with Crippen molar-refractivity contribution in [2.75, 3.05) is 19.6 Å². The van der Waals surface area contributed by atoms with Gasteiger partial charge in [-0.3, -0.25) is 24.0 Å². The van der Waals surface area contributed by atoms with Crippen LogP contribution in [0.5, 0.6) is 0 Å². The monoisotopic (exact) mass is 657 g/mol. The van der Waals surface area contributed by atoms with E-state index in [4.69, 9.17) is 23.2 Å². The lowest BCUT2D eigenvalue weighted by atomic mass is 10.0. The molecule has 42 heavy (non-hydrogen) atoms. The second-order valence-corrected chi connectivity index (χ2v) is 13.3. The van der Waals surface area contributed by atoms with Gasteiger partial charge in [0.15, 0.2) is 5.15 Å². The van der Waals surface area contributed by atoms with Gasteiger partial charge in [-0.15, -0.1) is 0 Å². The quantitative estimate of drug-likeness (QED) is 0.339. The third-order valence-corrected chi connectivity index (χ3v) is 9.67. The molecular formula is C26H23Cl2F2N5O5S2. The lowest BCUT2D eigenvalue weighted by molar-refractivity contribution is -0.128. The molecule has 0 bridgehead atoms. The van der Waals surface area contributed by atoms with Crippen molar-refractivity contribution in [3.05, 3.63) is 68.2 Å². The number of nitrogens with zero attached hydrogens (tertiary/aromatic N) is 4. The van der Waals surface area contributed by atoms with Crippen LogP contribution in [0.2, 0.25) is 10.2 Å². The van der Waals surface area contributed by atoms with E-state index in [0.717, 1.165) is 11.2 Å². The number of thioether (sulfide) groups is 1. The number of amides is 3. The highest BCUT2D eigenvalue weighted by molar-refractivity contribution is 8.18. The first-order chi connectivity index (χ1) is 19.7. The summed E-state index contributed by atoms with van der Waals surface area (Å²) in [5.74, 6) is -4.89. The lowest BCUT2D eigenvalue weighted by Crippen LogP contribution is -2.46. The number of halogens is 4. The van der Waals surface area contributed by atoms with Crippen molar-refractivity contribution >= 4 is 79.2 Å². The Hall–Kier alpha value is -3.04. The van der Waals surface area contributed by atoms with Crippen molar-refractivity contribution in [2.24, 2.45) is 0 Å². The second-order valence-electron chi connectivity index (χ2n) is 9.82. The second kappa shape index (κ2) is 11.6. The van der Waals surface area contributed by atoms with Crippen LogP contribution in [0, 0.1) is 0 Å². The van der Waals surface area contributed by atoms with Crippen LogP contribution in [0.25, 0.3) is 17.0 Å². The Kier molecular flexibility index (Phi) is 8.38. The highest BCUT2D eigenvalue weighted by Gasteiger charge is 2.37. The van der Waals surface area contributed by atoms with E-state index in [1.165, 1.54) is 29.0 Å². The number of hydrogen-bond donors (Lipinski definition) is 1. The number of nitrogens with one attached hydrogen (secondary N) is 1. The average molecular weight is 659 g/mol. The highest BCUT2D eigenvalue weighted by Crippen LogP contribution is 2.35. The normalized spacial score (nSPS) is 17.6. The third kappa shape index (κ3) is 6.32. The molecule has 0 spiro atoms. The summed E-state index contributed by atoms with van der Waals surface area (Å²) in [7, 11) is -4.05. The SMILES string of the molecule is CC(F)(F)c1cc(Cl)ccc1Cn1nc(Cl)c2cc(/C=C3\SC(=O)N(CC(=O)NS(=O)(=O)N4CCCC4)C3=O)ccc21. The zero-order chi connectivity index (χ0) is 30.4. The Morgan fingerprint density at radius 1 is 1.14 bits per heavy atom. The first-order valence-electron chi connectivity index (χ1n) is 12.6. The van der Waals surface area contributed by atoms with Crippen molar-refractivity contribution < 1.29 is 31.6 Å². The van der Waals surface area contributed by atoms with E-state index >= 15 is 0 Å². The van der Waals surface area contributed by atoms with E-state index in [-0.39, 0.29) is 40.3 Å². The van der Waals surface area contributed by atoms with Gasteiger partial charge in [0.25, 0.3) is 23.0 Å². The molecule has 2 aromatic carbocycles. The average Bonchev–Trinajstić information content (AvgIpc) is 3.61. The van der Waals surface area contributed by atoms with Gasteiger partial charge in [-0.25, -0.2) is 13.5 Å². The minimum Gasteiger partial charge on any atom is -0.272 e. The van der Waals surface area contributed by atoms with E-state index in [0.29, 0.717) is 51.5 Å². The minimum atomic E-state index is -4.05. The Bertz CT molecular complexity index is 1750. The molecule has 0 atom stereocenters. The van der Waals surface area contributed by atoms with E-state index in [2.05, 4.69) is 5.10 Å². The summed E-state index contributed by atoms with van der Waals surface area (Å²) in [6, 6.07) is 9.15. The fraction of sp³-hybridized carbons (Fsp3) is 0.308. The number of carbonyl (C=O) groups is 3. The van der Waals surface area contributed by atoms with Gasteiger partial charge < -0.3 is 0 Å². The van der Waals surface area contributed by atoms with Gasteiger partial charge in [0.1, 0.15) is 6.54 Å². The van der Waals surface area contributed by atoms with Crippen LogP contribution in [0.3, 0.4) is 0 Å². The number of hydrogen-bond acceptors (Lipinski definition) is 7. The van der Waals surface area contributed by atoms with Crippen LogP contribution >= 0.6 is 35.0 Å². The minimum absolute atomic E-state index is 0.00701. The molecule has 10 nitrogen and oxygen atoms in total. The smallest absolute Gasteiger partial charge is 0.272 e. The Balaban J connectivity index is 1.34. The molecule has 2 aliphatic heterocycles. The molecule has 3 aromatic rings. The third-order valence-electron chi connectivity index (χ3n) is 6.72. The van der Waals surface area contributed by atoms with Gasteiger partial charge in [-0.05, 0) is 66.1 Å². The maximum absolute atomic E-state index is 14.2. The zero-order valence-corrected chi connectivity index (χ0v) is 25.1. The van der Waals surface area contributed by atoms with E-state index in [1.807, 2.05) is 4.72 Å². The molecule has 5 rings (SSSR count). The number of benzene rings is 2. The van der Waals surface area contributed by atoms with Gasteiger partial charge >= 0.3 is 10.2 Å². The maximum atomic E-state index is 14.2. The molecule has 0 radical (unpaired) electrons. The van der Waals surface area contributed by atoms with E-state index in [9.17, 15) is 31.6 Å². The molecule has 2 aliphatic rings. The van der Waals surface area contributed by atoms with Crippen molar-refractivity contribution in [1.29, 1.82) is 0 Å². The van der Waals surface area contributed by atoms with Gasteiger partial charge in [0.05, 0.1) is 17.0 Å². The summed E-state index contributed by atoms with van der Waals surface area (Å²) >= 11 is 12.9. The Morgan fingerprint density at radius 2 is 1.86 bits per heavy atom. The maximum Gasteiger partial charge on any atom is 0.303 e. The number of fused-ring (bicyclic) bond motifs is 1. The molecule has 1 N–H and O–H groups in total. The molecule has 3 amide bonds. The first kappa shape index (κ1) is 30.4. The first-order valence-corrected chi connectivity index (χ1v) is 15.6. The van der Waals surface area contributed by atoms with Crippen molar-refractivity contribution in [3.8, 4) is 0 Å². The topological polar surface area (TPSA) is 122 Å². The summed E-state index contributed by atoms with van der Waals surface area (Å²) in [6.07, 6.45) is 2.80. The molecule has 1 aromatic heterocycles. The van der Waals surface area contributed by atoms with E-state index < -0.39 is 39.7 Å².